The molecule has 10 rings (SSSR count). The van der Waals surface area contributed by atoms with Crippen molar-refractivity contribution in [3.63, 3.8) is 0 Å². The molecule has 8 aromatic carbocycles. The van der Waals surface area contributed by atoms with Crippen molar-refractivity contribution in [1.82, 2.24) is 10.3 Å². The van der Waals surface area contributed by atoms with Crippen molar-refractivity contribution < 1.29 is 0 Å². The van der Waals surface area contributed by atoms with Gasteiger partial charge in [0.1, 0.15) is 0 Å². The molecule has 9 aromatic rings. The topological polar surface area (TPSA) is 48.8 Å². The van der Waals surface area contributed by atoms with Crippen molar-refractivity contribution in [3.05, 3.63) is 258 Å². The first kappa shape index (κ1) is 37.2. The van der Waals surface area contributed by atoms with E-state index in [1.807, 2.05) is 66.7 Å². The number of allylic oxidation sites excluding steroid dienone is 1. The Kier molecular flexibility index (Phi) is 10.1. The molecule has 0 saturated carbocycles. The van der Waals surface area contributed by atoms with E-state index in [-0.39, 0.29) is 0 Å². The van der Waals surface area contributed by atoms with Gasteiger partial charge in [-0.1, -0.05) is 206 Å². The van der Waals surface area contributed by atoms with Crippen molar-refractivity contribution in [2.45, 2.75) is 0 Å². The zero-order valence-electron chi connectivity index (χ0n) is 33.5. The molecule has 1 aliphatic heterocycles. The third-order valence-corrected chi connectivity index (χ3v) is 11.3. The standard InChI is InChI=1S/C58H41N3/c59-57(46-25-14-5-15-26-46)56(45-23-12-4-13-24-45)58-52-36-49(33-34-50(52)37-55(61-58)44-21-10-3-11-22-44)48-28-16-27-47(35-48)40-29-31-41(32-30-40)51-38-53(42-17-6-1-7-18-42)60-54(39-51)43-19-8-2-9-20-43/h1-39,59,61H/b58-56-,59-57?. The van der Waals surface area contributed by atoms with Crippen LogP contribution in [0.3, 0.4) is 0 Å². The van der Waals surface area contributed by atoms with E-state index in [4.69, 9.17) is 4.98 Å². The molecular formula is C58H41N3. The molecule has 1 aromatic heterocycles. The van der Waals surface area contributed by atoms with E-state index in [2.05, 4.69) is 175 Å². The van der Waals surface area contributed by atoms with E-state index in [1.54, 1.807) is 0 Å². The van der Waals surface area contributed by atoms with Gasteiger partial charge in [0, 0.05) is 33.5 Å². The first-order chi connectivity index (χ1) is 30.1. The smallest absolute Gasteiger partial charge is 0.0715 e. The van der Waals surface area contributed by atoms with Crippen LogP contribution in [0.4, 0.5) is 0 Å². The quantitative estimate of drug-likeness (QED) is 0.143. The molecule has 0 radical (unpaired) electrons. The third-order valence-electron chi connectivity index (χ3n) is 11.3. The summed E-state index contributed by atoms with van der Waals surface area (Å²) < 4.78 is 0. The second kappa shape index (κ2) is 16.6. The predicted octanol–water partition coefficient (Wildman–Crippen LogP) is 14.5. The van der Waals surface area contributed by atoms with Crippen LogP contribution in [0.1, 0.15) is 27.8 Å². The van der Waals surface area contributed by atoms with Crippen LogP contribution in [0, 0.1) is 5.41 Å². The summed E-state index contributed by atoms with van der Waals surface area (Å²) in [4.78, 5) is 5.08. The Morgan fingerprint density at radius 2 is 0.803 bits per heavy atom. The van der Waals surface area contributed by atoms with Gasteiger partial charge in [0.15, 0.2) is 0 Å². The molecule has 0 saturated heterocycles. The van der Waals surface area contributed by atoms with Crippen LogP contribution >= 0.6 is 0 Å². The van der Waals surface area contributed by atoms with Crippen LogP contribution in [-0.2, 0) is 0 Å². The van der Waals surface area contributed by atoms with Gasteiger partial charge in [0.2, 0.25) is 0 Å². The minimum Gasteiger partial charge on any atom is -0.354 e. The number of benzene rings is 8. The Morgan fingerprint density at radius 3 is 1.38 bits per heavy atom. The van der Waals surface area contributed by atoms with Crippen molar-refractivity contribution in [2.24, 2.45) is 0 Å². The van der Waals surface area contributed by atoms with Gasteiger partial charge in [-0.2, -0.15) is 0 Å². The van der Waals surface area contributed by atoms with E-state index < -0.39 is 0 Å². The second-order valence-electron chi connectivity index (χ2n) is 15.2. The lowest BCUT2D eigenvalue weighted by molar-refractivity contribution is 1.22. The third kappa shape index (κ3) is 7.76. The summed E-state index contributed by atoms with van der Waals surface area (Å²) >= 11 is 0. The Balaban J connectivity index is 1.04. The van der Waals surface area contributed by atoms with Crippen LogP contribution in [0.5, 0.6) is 0 Å². The monoisotopic (exact) mass is 779 g/mol. The zero-order valence-corrected chi connectivity index (χ0v) is 33.5. The fourth-order valence-corrected chi connectivity index (χ4v) is 8.15. The highest BCUT2D eigenvalue weighted by Crippen LogP contribution is 2.39. The van der Waals surface area contributed by atoms with Gasteiger partial charge in [-0.3, -0.25) is 5.41 Å². The molecule has 0 spiro atoms. The van der Waals surface area contributed by atoms with Crippen molar-refractivity contribution in [3.8, 4) is 55.9 Å². The highest BCUT2D eigenvalue weighted by atomic mass is 14.9. The van der Waals surface area contributed by atoms with Crippen LogP contribution in [0.15, 0.2) is 231 Å². The maximum atomic E-state index is 9.66. The highest BCUT2D eigenvalue weighted by molar-refractivity contribution is 6.36. The van der Waals surface area contributed by atoms with Crippen LogP contribution < -0.4 is 5.32 Å². The molecule has 0 unspecified atom stereocenters. The first-order valence-corrected chi connectivity index (χ1v) is 20.6. The van der Waals surface area contributed by atoms with Gasteiger partial charge in [0.25, 0.3) is 0 Å². The molecule has 2 N–H and O–H groups in total. The molecule has 61 heavy (non-hydrogen) atoms. The van der Waals surface area contributed by atoms with Crippen LogP contribution in [0.2, 0.25) is 0 Å². The Hall–Kier alpha value is -8.14. The largest absolute Gasteiger partial charge is 0.354 e. The molecule has 3 nitrogen and oxygen atoms in total. The summed E-state index contributed by atoms with van der Waals surface area (Å²) in [6.07, 6.45) is 2.22. The van der Waals surface area contributed by atoms with Crippen molar-refractivity contribution in [1.29, 1.82) is 5.41 Å². The number of nitrogens with one attached hydrogen (secondary N) is 2. The molecule has 0 aliphatic carbocycles. The summed E-state index contributed by atoms with van der Waals surface area (Å²) in [5.74, 6) is 0. The van der Waals surface area contributed by atoms with Gasteiger partial charge < -0.3 is 5.32 Å². The van der Waals surface area contributed by atoms with Crippen molar-refractivity contribution >= 4 is 28.8 Å². The molecule has 2 heterocycles. The maximum absolute atomic E-state index is 9.66. The molecule has 0 bridgehead atoms. The zero-order chi connectivity index (χ0) is 41.0. The van der Waals surface area contributed by atoms with Gasteiger partial charge in [-0.25, -0.2) is 4.98 Å². The summed E-state index contributed by atoms with van der Waals surface area (Å²) in [6.45, 7) is 0. The molecular weight excluding hydrogens is 739 g/mol. The Bertz CT molecular complexity index is 3000. The summed E-state index contributed by atoms with van der Waals surface area (Å²) in [6, 6.07) is 80.2. The number of fused-ring (bicyclic) bond motifs is 1. The molecule has 1 aliphatic rings. The second-order valence-corrected chi connectivity index (χ2v) is 15.2. The average Bonchev–Trinajstić information content (AvgIpc) is 3.35. The molecule has 0 fully saturated rings. The minimum absolute atomic E-state index is 0.463. The lowest BCUT2D eigenvalue weighted by Crippen LogP contribution is -2.20. The van der Waals surface area contributed by atoms with E-state index in [1.165, 1.54) is 0 Å². The number of nitrogens with zero attached hydrogens (tertiary/aromatic N) is 1. The minimum atomic E-state index is 0.463. The predicted molar refractivity (Wildman–Crippen MR) is 255 cm³/mol. The number of hydrogen-bond acceptors (Lipinski definition) is 3. The van der Waals surface area contributed by atoms with Crippen molar-refractivity contribution in [2.75, 3.05) is 0 Å². The van der Waals surface area contributed by atoms with E-state index in [9.17, 15) is 5.41 Å². The number of aromatic nitrogens is 1. The fraction of sp³-hybridized carbons (Fsp3) is 0. The summed E-state index contributed by atoms with van der Waals surface area (Å²) in [5, 5.41) is 13.5. The SMILES string of the molecule is N=C(/C(=C1\NC(c2ccccc2)=Cc2ccc(-c3cccc(-c4ccc(-c5cc(-c6ccccc6)nc(-c6ccccc6)c5)cc4)c3)cc21)c1ccccc1)c1ccccc1. The normalized spacial score (nSPS) is 12.8. The van der Waals surface area contributed by atoms with Gasteiger partial charge >= 0.3 is 0 Å². The fourth-order valence-electron chi connectivity index (χ4n) is 8.15. The molecule has 3 heteroatoms. The van der Waals surface area contributed by atoms with Gasteiger partial charge in [0.05, 0.1) is 22.8 Å². The highest BCUT2D eigenvalue weighted by Gasteiger charge is 2.24. The number of pyridine rings is 1. The van der Waals surface area contributed by atoms with E-state index in [0.717, 1.165) is 101 Å². The lowest BCUT2D eigenvalue weighted by atomic mass is 9.86. The van der Waals surface area contributed by atoms with Crippen LogP contribution in [-0.4, -0.2) is 10.7 Å². The number of rotatable bonds is 9. The first-order valence-electron chi connectivity index (χ1n) is 20.6. The van der Waals surface area contributed by atoms with E-state index >= 15 is 0 Å². The Morgan fingerprint density at radius 1 is 0.361 bits per heavy atom. The summed E-state index contributed by atoms with van der Waals surface area (Å²) in [5.41, 5.74) is 19.1. The van der Waals surface area contributed by atoms with Crippen LogP contribution in [0.25, 0.3) is 78.9 Å². The Labute approximate surface area is 357 Å². The summed E-state index contributed by atoms with van der Waals surface area (Å²) in [7, 11) is 0. The maximum Gasteiger partial charge on any atom is 0.0715 e. The lowest BCUT2D eigenvalue weighted by Gasteiger charge is -2.27. The molecule has 0 amide bonds. The molecule has 288 valence electrons. The van der Waals surface area contributed by atoms with Gasteiger partial charge in [-0.15, -0.1) is 0 Å². The van der Waals surface area contributed by atoms with E-state index in [0.29, 0.717) is 5.71 Å². The average molecular weight is 780 g/mol. The van der Waals surface area contributed by atoms with Gasteiger partial charge in [-0.05, 0) is 80.4 Å². The molecule has 0 atom stereocenters. The number of hydrogen-bond donors (Lipinski definition) is 2.